The fourth-order valence-electron chi connectivity index (χ4n) is 0.344. The standard InChI is InChI=1S/C6H10N2O2/c1-4-8(3)6(9)5(2)7-10/h4,7,10H,1-2H2,3H3. The number of amides is 1. The van der Waals surface area contributed by atoms with Gasteiger partial charge in [-0.05, 0) is 6.20 Å². The zero-order valence-corrected chi connectivity index (χ0v) is 5.79. The van der Waals surface area contributed by atoms with Crippen LogP contribution in [0.1, 0.15) is 0 Å². The average molecular weight is 142 g/mol. The number of hydroxylamine groups is 1. The third-order valence-electron chi connectivity index (χ3n) is 0.987. The lowest BCUT2D eigenvalue weighted by Crippen LogP contribution is -2.27. The molecule has 10 heavy (non-hydrogen) atoms. The zero-order chi connectivity index (χ0) is 8.15. The largest absolute Gasteiger partial charge is 0.317 e. The van der Waals surface area contributed by atoms with Crippen LogP contribution in [0.25, 0.3) is 0 Å². The molecule has 0 radical (unpaired) electrons. The summed E-state index contributed by atoms with van der Waals surface area (Å²) >= 11 is 0. The zero-order valence-electron chi connectivity index (χ0n) is 5.79. The molecule has 0 bridgehead atoms. The summed E-state index contributed by atoms with van der Waals surface area (Å²) in [5.74, 6) is -0.419. The highest BCUT2D eigenvalue weighted by Crippen LogP contribution is 1.91. The molecule has 0 aliphatic carbocycles. The number of rotatable bonds is 3. The van der Waals surface area contributed by atoms with E-state index in [9.17, 15) is 4.79 Å². The van der Waals surface area contributed by atoms with Crippen LogP contribution in [0.2, 0.25) is 0 Å². The van der Waals surface area contributed by atoms with Crippen molar-refractivity contribution in [3.63, 3.8) is 0 Å². The Hall–Kier alpha value is -1.29. The minimum atomic E-state index is -0.419. The molecule has 0 aliphatic rings. The smallest absolute Gasteiger partial charge is 0.275 e. The van der Waals surface area contributed by atoms with Crippen LogP contribution in [0.15, 0.2) is 25.1 Å². The van der Waals surface area contributed by atoms with Crippen molar-refractivity contribution in [1.29, 1.82) is 0 Å². The Labute approximate surface area is 59.4 Å². The van der Waals surface area contributed by atoms with Gasteiger partial charge in [0, 0.05) is 7.05 Å². The van der Waals surface area contributed by atoms with Crippen LogP contribution in [0, 0.1) is 0 Å². The van der Waals surface area contributed by atoms with Crippen molar-refractivity contribution in [1.82, 2.24) is 10.4 Å². The first kappa shape index (κ1) is 8.71. The maximum Gasteiger partial charge on any atom is 0.275 e. The summed E-state index contributed by atoms with van der Waals surface area (Å²) in [5.41, 5.74) is 1.57. The van der Waals surface area contributed by atoms with Gasteiger partial charge in [0.25, 0.3) is 5.91 Å². The topological polar surface area (TPSA) is 52.6 Å². The number of nitrogens with one attached hydrogen (secondary N) is 1. The van der Waals surface area contributed by atoms with E-state index in [0.29, 0.717) is 0 Å². The molecule has 56 valence electrons. The van der Waals surface area contributed by atoms with Crippen molar-refractivity contribution < 1.29 is 10.0 Å². The lowest BCUT2D eigenvalue weighted by molar-refractivity contribution is -0.124. The summed E-state index contributed by atoms with van der Waals surface area (Å²) in [6.07, 6.45) is 1.32. The van der Waals surface area contributed by atoms with Gasteiger partial charge in [0.1, 0.15) is 5.70 Å². The molecule has 0 aromatic rings. The van der Waals surface area contributed by atoms with Crippen LogP contribution in [0.4, 0.5) is 0 Å². The number of nitrogens with zero attached hydrogens (tertiary/aromatic N) is 1. The van der Waals surface area contributed by atoms with Gasteiger partial charge < -0.3 is 4.90 Å². The fourth-order valence-corrected chi connectivity index (χ4v) is 0.344. The summed E-state index contributed by atoms with van der Waals surface area (Å²) in [6, 6.07) is 0. The molecule has 0 spiro atoms. The molecular weight excluding hydrogens is 132 g/mol. The van der Waals surface area contributed by atoms with Gasteiger partial charge in [-0.2, -0.15) is 0 Å². The van der Waals surface area contributed by atoms with Crippen molar-refractivity contribution in [3.8, 4) is 0 Å². The Morgan fingerprint density at radius 2 is 2.30 bits per heavy atom. The molecule has 4 heteroatoms. The van der Waals surface area contributed by atoms with Crippen LogP contribution in [0.5, 0.6) is 0 Å². The fraction of sp³-hybridized carbons (Fsp3) is 0.167. The summed E-state index contributed by atoms with van der Waals surface area (Å²) in [5, 5.41) is 8.22. The van der Waals surface area contributed by atoms with Gasteiger partial charge in [0.2, 0.25) is 0 Å². The highest BCUT2D eigenvalue weighted by molar-refractivity contribution is 5.92. The number of likely N-dealkylation sites (N-methyl/N-ethyl adjacent to an activating group) is 1. The Bertz CT molecular complexity index is 165. The quantitative estimate of drug-likeness (QED) is 0.433. The third kappa shape index (κ3) is 1.91. The molecule has 0 aromatic carbocycles. The van der Waals surface area contributed by atoms with E-state index in [2.05, 4.69) is 13.2 Å². The van der Waals surface area contributed by atoms with Gasteiger partial charge >= 0.3 is 0 Å². The lowest BCUT2D eigenvalue weighted by atomic mass is 10.4. The van der Waals surface area contributed by atoms with E-state index in [-0.39, 0.29) is 5.70 Å². The van der Waals surface area contributed by atoms with Crippen molar-refractivity contribution in [3.05, 3.63) is 25.1 Å². The summed E-state index contributed by atoms with van der Waals surface area (Å²) in [6.45, 7) is 6.59. The van der Waals surface area contributed by atoms with Crippen molar-refractivity contribution in [2.75, 3.05) is 7.05 Å². The van der Waals surface area contributed by atoms with Crippen molar-refractivity contribution >= 4 is 5.91 Å². The minimum Gasteiger partial charge on any atom is -0.317 e. The molecule has 1 amide bonds. The molecule has 0 saturated heterocycles. The van der Waals surface area contributed by atoms with Crippen molar-refractivity contribution in [2.24, 2.45) is 0 Å². The van der Waals surface area contributed by atoms with Gasteiger partial charge in [0.05, 0.1) is 0 Å². The first-order valence-corrected chi connectivity index (χ1v) is 2.62. The number of carbonyl (C=O) groups is 1. The second kappa shape index (κ2) is 3.68. The minimum absolute atomic E-state index is 0.0811. The number of carbonyl (C=O) groups excluding carboxylic acids is 1. The monoisotopic (exact) mass is 142 g/mol. The van der Waals surface area contributed by atoms with Gasteiger partial charge in [-0.1, -0.05) is 13.2 Å². The van der Waals surface area contributed by atoms with Gasteiger partial charge in [-0.25, -0.2) is 0 Å². The summed E-state index contributed by atoms with van der Waals surface area (Å²) < 4.78 is 0. The predicted octanol–water partition coefficient (Wildman–Crippen LogP) is 0.0808. The maximum atomic E-state index is 10.8. The molecule has 0 fully saturated rings. The highest BCUT2D eigenvalue weighted by atomic mass is 16.5. The molecule has 0 heterocycles. The Morgan fingerprint density at radius 1 is 1.80 bits per heavy atom. The van der Waals surface area contributed by atoms with Crippen molar-refractivity contribution in [2.45, 2.75) is 0 Å². The molecular formula is C6H10N2O2. The van der Waals surface area contributed by atoms with Crippen LogP contribution in [0.3, 0.4) is 0 Å². The number of hydrogen-bond donors (Lipinski definition) is 2. The molecule has 0 aromatic heterocycles. The lowest BCUT2D eigenvalue weighted by Gasteiger charge is -2.11. The van der Waals surface area contributed by atoms with Gasteiger partial charge in [-0.3, -0.25) is 15.5 Å². The first-order chi connectivity index (χ1) is 4.63. The van der Waals surface area contributed by atoms with Crippen LogP contribution in [-0.4, -0.2) is 23.1 Å². The van der Waals surface area contributed by atoms with E-state index in [1.54, 1.807) is 5.48 Å². The molecule has 0 saturated carbocycles. The molecule has 0 rings (SSSR count). The van der Waals surface area contributed by atoms with E-state index < -0.39 is 5.91 Å². The SMILES string of the molecule is C=CN(C)C(=O)C(=C)NO. The molecule has 4 nitrogen and oxygen atoms in total. The number of hydrogen-bond acceptors (Lipinski definition) is 3. The van der Waals surface area contributed by atoms with E-state index >= 15 is 0 Å². The van der Waals surface area contributed by atoms with E-state index in [1.807, 2.05) is 0 Å². The van der Waals surface area contributed by atoms with Crippen LogP contribution < -0.4 is 5.48 Å². The summed E-state index contributed by atoms with van der Waals surface area (Å²) in [4.78, 5) is 12.0. The predicted molar refractivity (Wildman–Crippen MR) is 37.0 cm³/mol. The third-order valence-corrected chi connectivity index (χ3v) is 0.987. The normalized spacial score (nSPS) is 8.20. The van der Waals surface area contributed by atoms with Gasteiger partial charge in [0.15, 0.2) is 0 Å². The second-order valence-electron chi connectivity index (χ2n) is 1.69. The van der Waals surface area contributed by atoms with E-state index in [4.69, 9.17) is 5.21 Å². The summed E-state index contributed by atoms with van der Waals surface area (Å²) in [7, 11) is 1.51. The molecule has 0 unspecified atom stereocenters. The molecule has 2 N–H and O–H groups in total. The molecule has 0 atom stereocenters. The van der Waals surface area contributed by atoms with Gasteiger partial charge in [-0.15, -0.1) is 0 Å². The van der Waals surface area contributed by atoms with E-state index in [1.165, 1.54) is 18.1 Å². The molecule has 0 aliphatic heterocycles. The maximum absolute atomic E-state index is 10.8. The second-order valence-corrected chi connectivity index (χ2v) is 1.69. The van der Waals surface area contributed by atoms with E-state index in [0.717, 1.165) is 0 Å². The highest BCUT2D eigenvalue weighted by Gasteiger charge is 2.07. The Kier molecular flexibility index (Phi) is 3.21. The Balaban J connectivity index is 4.07. The first-order valence-electron chi connectivity index (χ1n) is 2.62. The average Bonchev–Trinajstić information content (AvgIpc) is 2.00. The van der Waals surface area contributed by atoms with Crippen LogP contribution in [-0.2, 0) is 4.79 Å². The Morgan fingerprint density at radius 3 is 2.60 bits per heavy atom. The van der Waals surface area contributed by atoms with Crippen LogP contribution >= 0.6 is 0 Å².